The van der Waals surface area contributed by atoms with Crippen LogP contribution in [0.15, 0.2) is 22.9 Å². The van der Waals surface area contributed by atoms with Gasteiger partial charge in [-0.25, -0.2) is 23.1 Å². The average Bonchev–Trinajstić information content (AvgIpc) is 2.98. The van der Waals surface area contributed by atoms with Gasteiger partial charge < -0.3 is 10.3 Å². The van der Waals surface area contributed by atoms with E-state index in [1.807, 2.05) is 10.8 Å². The number of nitrogen functional groups attached to an aromatic ring is 1. The molecule has 2 aromatic rings. The highest BCUT2D eigenvalue weighted by Gasteiger charge is 2.20. The number of hydrogen-bond donors (Lipinski definition) is 2. The predicted molar refractivity (Wildman–Crippen MR) is 77.9 cm³/mol. The zero-order valence-electron chi connectivity index (χ0n) is 11.1. The fraction of sp³-hybridized carbons (Fsp3) is 0.455. The third-order valence-corrected chi connectivity index (χ3v) is 5.77. The van der Waals surface area contributed by atoms with Crippen LogP contribution in [0.5, 0.6) is 0 Å². The fourth-order valence-electron chi connectivity index (χ4n) is 1.76. The molecule has 0 saturated carbocycles. The zero-order valence-corrected chi connectivity index (χ0v) is 12.7. The van der Waals surface area contributed by atoms with Crippen molar-refractivity contribution in [1.29, 1.82) is 0 Å². The maximum Gasteiger partial charge on any atom is 0.252 e. The molecule has 0 aromatic carbocycles. The standard InChI is InChI=1S/C11H17N5O2S2/c1-9-10(19-11(12)15-9)20(17,18)14-4-2-3-6-16-7-5-13-8-16/h5,7-8,14H,2-4,6H2,1H3,(H2,12,15). The lowest BCUT2D eigenvalue weighted by atomic mass is 10.3. The molecular formula is C11H17N5O2S2. The number of thiazole rings is 1. The molecular weight excluding hydrogens is 298 g/mol. The van der Waals surface area contributed by atoms with E-state index in [1.165, 1.54) is 0 Å². The van der Waals surface area contributed by atoms with E-state index in [-0.39, 0.29) is 9.34 Å². The molecule has 2 heterocycles. The number of aromatic nitrogens is 3. The largest absolute Gasteiger partial charge is 0.375 e. The Labute approximate surface area is 121 Å². The van der Waals surface area contributed by atoms with Gasteiger partial charge in [0.05, 0.1) is 12.0 Å². The smallest absolute Gasteiger partial charge is 0.252 e. The lowest BCUT2D eigenvalue weighted by Crippen LogP contribution is -2.24. The van der Waals surface area contributed by atoms with E-state index in [0.29, 0.717) is 12.2 Å². The highest BCUT2D eigenvalue weighted by Crippen LogP contribution is 2.24. The number of nitrogens with zero attached hydrogens (tertiary/aromatic N) is 3. The minimum absolute atomic E-state index is 0.199. The van der Waals surface area contributed by atoms with Crippen molar-refractivity contribution in [2.45, 2.75) is 30.5 Å². The second-order valence-electron chi connectivity index (χ2n) is 4.33. The van der Waals surface area contributed by atoms with Crippen molar-refractivity contribution < 1.29 is 8.42 Å². The first-order chi connectivity index (χ1) is 9.49. The fourth-order valence-corrected chi connectivity index (χ4v) is 4.18. The summed E-state index contributed by atoms with van der Waals surface area (Å²) in [6, 6.07) is 0. The van der Waals surface area contributed by atoms with Gasteiger partial charge in [-0.15, -0.1) is 0 Å². The molecule has 0 aliphatic carbocycles. The molecule has 3 N–H and O–H groups in total. The summed E-state index contributed by atoms with van der Waals surface area (Å²) in [5, 5.41) is 0.267. The molecule has 0 saturated heterocycles. The molecule has 0 radical (unpaired) electrons. The van der Waals surface area contributed by atoms with Crippen molar-refractivity contribution in [3.05, 3.63) is 24.4 Å². The second kappa shape index (κ2) is 6.33. The summed E-state index contributed by atoms with van der Waals surface area (Å²) in [6.07, 6.45) is 6.98. The first-order valence-electron chi connectivity index (χ1n) is 6.17. The minimum Gasteiger partial charge on any atom is -0.375 e. The van der Waals surface area contributed by atoms with Gasteiger partial charge in [0.2, 0.25) is 0 Å². The number of nitrogens with two attached hydrogens (primary N) is 1. The molecule has 0 amide bonds. The van der Waals surface area contributed by atoms with E-state index in [4.69, 9.17) is 5.73 Å². The number of aryl methyl sites for hydroxylation is 2. The molecule has 0 unspecified atom stereocenters. The van der Waals surface area contributed by atoms with Crippen molar-refractivity contribution in [3.63, 3.8) is 0 Å². The van der Waals surface area contributed by atoms with Crippen LogP contribution in [0.1, 0.15) is 18.5 Å². The van der Waals surface area contributed by atoms with Crippen LogP contribution < -0.4 is 10.5 Å². The molecule has 2 rings (SSSR count). The molecule has 0 bridgehead atoms. The molecule has 0 spiro atoms. The summed E-state index contributed by atoms with van der Waals surface area (Å²) in [5.41, 5.74) is 5.96. The zero-order chi connectivity index (χ0) is 14.6. The number of nitrogens with one attached hydrogen (secondary N) is 1. The number of rotatable bonds is 7. The van der Waals surface area contributed by atoms with Gasteiger partial charge in [-0.3, -0.25) is 0 Å². The highest BCUT2D eigenvalue weighted by molar-refractivity contribution is 7.91. The van der Waals surface area contributed by atoms with E-state index >= 15 is 0 Å². The van der Waals surface area contributed by atoms with Crippen LogP contribution in [0, 0.1) is 6.92 Å². The molecule has 0 fully saturated rings. The molecule has 9 heteroatoms. The Kier molecular flexibility index (Phi) is 4.73. The van der Waals surface area contributed by atoms with Crippen molar-refractivity contribution in [2.75, 3.05) is 12.3 Å². The van der Waals surface area contributed by atoms with Crippen LogP contribution in [0.25, 0.3) is 0 Å². The van der Waals surface area contributed by atoms with Gasteiger partial charge in [0.25, 0.3) is 10.0 Å². The van der Waals surface area contributed by atoms with Gasteiger partial charge >= 0.3 is 0 Å². The topological polar surface area (TPSA) is 103 Å². The van der Waals surface area contributed by atoms with Crippen LogP contribution in [0.4, 0.5) is 5.13 Å². The minimum atomic E-state index is -3.50. The number of imidazole rings is 1. The molecule has 20 heavy (non-hydrogen) atoms. The highest BCUT2D eigenvalue weighted by atomic mass is 32.2. The third kappa shape index (κ3) is 3.78. The summed E-state index contributed by atoms with van der Waals surface area (Å²) in [6.45, 7) is 2.86. The molecule has 7 nitrogen and oxygen atoms in total. The number of unbranched alkanes of at least 4 members (excludes halogenated alkanes) is 1. The number of hydrogen-bond acceptors (Lipinski definition) is 6. The normalized spacial score (nSPS) is 11.8. The van der Waals surface area contributed by atoms with Crippen LogP contribution in [0.3, 0.4) is 0 Å². The van der Waals surface area contributed by atoms with Gasteiger partial charge in [-0.1, -0.05) is 11.3 Å². The van der Waals surface area contributed by atoms with Gasteiger partial charge in [0, 0.05) is 25.5 Å². The summed E-state index contributed by atoms with van der Waals surface area (Å²) in [7, 11) is -3.50. The summed E-state index contributed by atoms with van der Waals surface area (Å²) in [5.74, 6) is 0. The maximum absolute atomic E-state index is 12.0. The van der Waals surface area contributed by atoms with Gasteiger partial charge in [0.1, 0.15) is 0 Å². The number of sulfonamides is 1. The lowest BCUT2D eigenvalue weighted by Gasteiger charge is -2.05. The van der Waals surface area contributed by atoms with E-state index in [2.05, 4.69) is 14.7 Å². The monoisotopic (exact) mass is 315 g/mol. The van der Waals surface area contributed by atoms with Gasteiger partial charge in [-0.05, 0) is 19.8 Å². The first-order valence-corrected chi connectivity index (χ1v) is 8.47. The van der Waals surface area contributed by atoms with Crippen LogP contribution in [-0.2, 0) is 16.6 Å². The quantitative estimate of drug-likeness (QED) is 0.742. The lowest BCUT2D eigenvalue weighted by molar-refractivity contribution is 0.567. The van der Waals surface area contributed by atoms with Crippen molar-refractivity contribution in [1.82, 2.24) is 19.3 Å². The summed E-state index contributed by atoms with van der Waals surface area (Å²) < 4.78 is 28.8. The van der Waals surface area contributed by atoms with E-state index in [1.54, 1.807) is 19.4 Å². The Bertz CT molecular complexity index is 648. The van der Waals surface area contributed by atoms with Crippen LogP contribution >= 0.6 is 11.3 Å². The summed E-state index contributed by atoms with van der Waals surface area (Å²) in [4.78, 5) is 7.87. The maximum atomic E-state index is 12.0. The Balaban J connectivity index is 1.79. The van der Waals surface area contributed by atoms with Gasteiger partial charge in [0.15, 0.2) is 9.34 Å². The van der Waals surface area contributed by atoms with Gasteiger partial charge in [-0.2, -0.15) is 0 Å². The predicted octanol–water partition coefficient (Wildman–Crippen LogP) is 0.989. The molecule has 0 aliphatic rings. The second-order valence-corrected chi connectivity index (χ2v) is 7.32. The first kappa shape index (κ1) is 14.9. The van der Waals surface area contributed by atoms with E-state index in [9.17, 15) is 8.42 Å². The molecule has 110 valence electrons. The molecule has 0 atom stereocenters. The van der Waals surface area contributed by atoms with Crippen molar-refractivity contribution in [3.8, 4) is 0 Å². The van der Waals surface area contributed by atoms with Crippen molar-refractivity contribution in [2.24, 2.45) is 0 Å². The Morgan fingerprint density at radius 1 is 1.45 bits per heavy atom. The van der Waals surface area contributed by atoms with Crippen molar-refractivity contribution >= 4 is 26.5 Å². The molecule has 2 aromatic heterocycles. The van der Waals surface area contributed by atoms with Crippen LogP contribution in [0.2, 0.25) is 0 Å². The Hall–Kier alpha value is -1.45. The Morgan fingerprint density at radius 3 is 2.85 bits per heavy atom. The average molecular weight is 315 g/mol. The van der Waals surface area contributed by atoms with E-state index in [0.717, 1.165) is 30.7 Å². The third-order valence-electron chi connectivity index (χ3n) is 2.71. The number of anilines is 1. The summed E-state index contributed by atoms with van der Waals surface area (Å²) >= 11 is 0.987. The SMILES string of the molecule is Cc1nc(N)sc1S(=O)(=O)NCCCCn1ccnc1. The van der Waals surface area contributed by atoms with Crippen LogP contribution in [-0.4, -0.2) is 29.5 Å². The van der Waals surface area contributed by atoms with E-state index < -0.39 is 10.0 Å². The molecule has 0 aliphatic heterocycles. The Morgan fingerprint density at radius 2 is 2.25 bits per heavy atom.